The maximum absolute atomic E-state index is 13.1. The molecule has 2 amide bonds. The van der Waals surface area contributed by atoms with E-state index >= 15 is 0 Å². The smallest absolute Gasteiger partial charge is 0.416 e. The molecule has 1 unspecified atom stereocenters. The average Bonchev–Trinajstić information content (AvgIpc) is 3.10. The summed E-state index contributed by atoms with van der Waals surface area (Å²) < 4.78 is 45.1. The van der Waals surface area contributed by atoms with Gasteiger partial charge in [0.15, 0.2) is 5.75 Å². The number of nitrogens with one attached hydrogen (secondary N) is 1. The number of carbonyl (C=O) groups excluding carboxylic acids is 2. The minimum Gasteiger partial charge on any atom is -0.487 e. The molecule has 170 valence electrons. The molecule has 5 nitrogen and oxygen atoms in total. The highest BCUT2D eigenvalue weighted by Crippen LogP contribution is 2.39. The summed E-state index contributed by atoms with van der Waals surface area (Å²) in [7, 11) is 0. The lowest BCUT2D eigenvalue weighted by atomic mass is 9.87. The van der Waals surface area contributed by atoms with E-state index in [0.29, 0.717) is 16.7 Å². The summed E-state index contributed by atoms with van der Waals surface area (Å²) in [5.74, 6) is -1.12. The zero-order valence-electron chi connectivity index (χ0n) is 17.7. The lowest BCUT2D eigenvalue weighted by Crippen LogP contribution is -2.58. The molecule has 3 rings (SSSR count). The molecule has 0 spiro atoms. The van der Waals surface area contributed by atoms with Crippen molar-refractivity contribution in [1.29, 1.82) is 0 Å². The van der Waals surface area contributed by atoms with Crippen LogP contribution >= 0.6 is 11.3 Å². The van der Waals surface area contributed by atoms with Crippen LogP contribution in [0.15, 0.2) is 48.5 Å². The van der Waals surface area contributed by atoms with Crippen LogP contribution in [0.2, 0.25) is 0 Å². The third-order valence-corrected chi connectivity index (χ3v) is 6.61. The number of nitrogens with two attached hydrogens (primary N) is 1. The topological polar surface area (TPSA) is 81.4 Å². The van der Waals surface area contributed by atoms with Crippen LogP contribution in [0, 0.1) is 5.92 Å². The molecule has 0 saturated carbocycles. The molecule has 0 saturated heterocycles. The Labute approximate surface area is 187 Å². The molecule has 1 aromatic heterocycles. The predicted molar refractivity (Wildman–Crippen MR) is 118 cm³/mol. The molecule has 0 aliphatic carbocycles. The summed E-state index contributed by atoms with van der Waals surface area (Å²) >= 11 is 1.20. The first-order chi connectivity index (χ1) is 14.9. The molecule has 32 heavy (non-hydrogen) atoms. The molecule has 1 heterocycles. The molecule has 0 aliphatic rings. The Morgan fingerprint density at radius 2 is 1.72 bits per heavy atom. The lowest BCUT2D eigenvalue weighted by Gasteiger charge is -2.31. The first-order valence-electron chi connectivity index (χ1n) is 9.86. The van der Waals surface area contributed by atoms with Crippen LogP contribution in [-0.4, -0.2) is 17.4 Å². The van der Waals surface area contributed by atoms with E-state index in [9.17, 15) is 22.8 Å². The van der Waals surface area contributed by atoms with Gasteiger partial charge in [0, 0.05) is 10.1 Å². The van der Waals surface area contributed by atoms with E-state index in [2.05, 4.69) is 5.32 Å². The third-order valence-electron chi connectivity index (χ3n) is 5.46. The minimum absolute atomic E-state index is 0.0313. The molecule has 0 radical (unpaired) electrons. The Morgan fingerprint density at radius 3 is 2.28 bits per heavy atom. The highest BCUT2D eigenvalue weighted by molar-refractivity contribution is 7.21. The summed E-state index contributed by atoms with van der Waals surface area (Å²) in [6, 6.07) is 11.9. The van der Waals surface area contributed by atoms with Gasteiger partial charge in [-0.05, 0) is 42.7 Å². The van der Waals surface area contributed by atoms with Crippen molar-refractivity contribution in [3.8, 4) is 5.75 Å². The molecular weight excluding hydrogens is 441 g/mol. The highest BCUT2D eigenvalue weighted by Gasteiger charge is 2.37. The Bertz CT molecular complexity index is 1140. The number of hydrogen-bond donors (Lipinski definition) is 2. The Kier molecular flexibility index (Phi) is 6.50. The second-order valence-corrected chi connectivity index (χ2v) is 8.97. The number of ether oxygens (including phenoxy) is 1. The SMILES string of the molecule is CC(C)C(C)(NC(=O)c1sc2ccccc2c1OCc1ccc(C(F)(F)F)cc1)C(N)=O. The van der Waals surface area contributed by atoms with Crippen LogP contribution in [-0.2, 0) is 17.6 Å². The van der Waals surface area contributed by atoms with Gasteiger partial charge < -0.3 is 15.8 Å². The third kappa shape index (κ3) is 4.72. The number of amides is 2. The van der Waals surface area contributed by atoms with E-state index in [1.807, 2.05) is 12.1 Å². The fourth-order valence-electron chi connectivity index (χ4n) is 3.04. The second-order valence-electron chi connectivity index (χ2n) is 7.92. The second kappa shape index (κ2) is 8.82. The van der Waals surface area contributed by atoms with Gasteiger partial charge in [-0.25, -0.2) is 0 Å². The normalized spacial score (nSPS) is 13.7. The maximum atomic E-state index is 13.1. The van der Waals surface area contributed by atoms with Gasteiger partial charge in [0.25, 0.3) is 5.91 Å². The van der Waals surface area contributed by atoms with E-state index in [0.717, 1.165) is 16.8 Å². The van der Waals surface area contributed by atoms with Crippen molar-refractivity contribution in [1.82, 2.24) is 5.32 Å². The first-order valence-corrected chi connectivity index (χ1v) is 10.7. The van der Waals surface area contributed by atoms with Gasteiger partial charge in [-0.2, -0.15) is 13.2 Å². The fourth-order valence-corrected chi connectivity index (χ4v) is 4.09. The number of thiophene rings is 1. The summed E-state index contributed by atoms with van der Waals surface area (Å²) in [5, 5.41) is 3.42. The summed E-state index contributed by atoms with van der Waals surface area (Å²) in [6.07, 6.45) is -4.42. The number of halogens is 3. The molecule has 3 aromatic rings. The lowest BCUT2D eigenvalue weighted by molar-refractivity contribution is -0.137. The Hall–Kier alpha value is -3.07. The van der Waals surface area contributed by atoms with E-state index in [1.165, 1.54) is 23.5 Å². The molecule has 0 bridgehead atoms. The number of benzene rings is 2. The zero-order chi connectivity index (χ0) is 23.7. The van der Waals surface area contributed by atoms with Gasteiger partial charge in [0.05, 0.1) is 5.56 Å². The van der Waals surface area contributed by atoms with Gasteiger partial charge in [-0.1, -0.05) is 38.1 Å². The molecule has 0 aliphatic heterocycles. The van der Waals surface area contributed by atoms with E-state index in [4.69, 9.17) is 10.5 Å². The maximum Gasteiger partial charge on any atom is 0.416 e. The van der Waals surface area contributed by atoms with Crippen molar-refractivity contribution in [3.63, 3.8) is 0 Å². The largest absolute Gasteiger partial charge is 0.487 e. The van der Waals surface area contributed by atoms with Crippen molar-refractivity contribution in [2.24, 2.45) is 11.7 Å². The monoisotopic (exact) mass is 464 g/mol. The first kappa shape index (κ1) is 23.6. The average molecular weight is 465 g/mol. The van der Waals surface area contributed by atoms with Crippen LogP contribution in [0.3, 0.4) is 0 Å². The van der Waals surface area contributed by atoms with Crippen molar-refractivity contribution < 1.29 is 27.5 Å². The number of fused-ring (bicyclic) bond motifs is 1. The van der Waals surface area contributed by atoms with Crippen LogP contribution in [0.4, 0.5) is 13.2 Å². The van der Waals surface area contributed by atoms with Gasteiger partial charge in [-0.15, -0.1) is 11.3 Å². The number of rotatable bonds is 7. The van der Waals surface area contributed by atoms with Crippen molar-refractivity contribution in [3.05, 3.63) is 64.5 Å². The van der Waals surface area contributed by atoms with Crippen molar-refractivity contribution in [2.45, 2.75) is 39.1 Å². The van der Waals surface area contributed by atoms with Gasteiger partial charge in [0.2, 0.25) is 5.91 Å². The molecule has 0 fully saturated rings. The zero-order valence-corrected chi connectivity index (χ0v) is 18.6. The minimum atomic E-state index is -4.42. The molecule has 3 N–H and O–H groups in total. The Balaban J connectivity index is 1.91. The standard InChI is InChI=1S/C23H23F3N2O3S/c1-13(2)22(3,21(27)30)28-20(29)19-18(16-6-4-5-7-17(16)32-19)31-12-14-8-10-15(11-9-14)23(24,25)26/h4-11,13H,12H2,1-3H3,(H2,27,30)(H,28,29). The number of alkyl halides is 3. The van der Waals surface area contributed by atoms with Crippen LogP contribution in [0.25, 0.3) is 10.1 Å². The van der Waals surface area contributed by atoms with E-state index < -0.39 is 29.1 Å². The van der Waals surface area contributed by atoms with Gasteiger partial charge in [-0.3, -0.25) is 9.59 Å². The van der Waals surface area contributed by atoms with Crippen LogP contribution in [0.5, 0.6) is 5.75 Å². The number of hydrogen-bond acceptors (Lipinski definition) is 4. The molecule has 9 heteroatoms. The van der Waals surface area contributed by atoms with E-state index in [1.54, 1.807) is 32.9 Å². The highest BCUT2D eigenvalue weighted by atomic mass is 32.1. The summed E-state index contributed by atoms with van der Waals surface area (Å²) in [6.45, 7) is 5.08. The van der Waals surface area contributed by atoms with E-state index in [-0.39, 0.29) is 17.4 Å². The van der Waals surface area contributed by atoms with Gasteiger partial charge in [0.1, 0.15) is 17.0 Å². The molecule has 1 atom stereocenters. The fraction of sp³-hybridized carbons (Fsp3) is 0.304. The Morgan fingerprint density at radius 1 is 1.09 bits per heavy atom. The summed E-state index contributed by atoms with van der Waals surface area (Å²) in [4.78, 5) is 25.4. The number of carbonyl (C=O) groups is 2. The quantitative estimate of drug-likeness (QED) is 0.509. The van der Waals surface area contributed by atoms with Crippen LogP contribution < -0.4 is 15.8 Å². The van der Waals surface area contributed by atoms with Crippen LogP contribution in [0.1, 0.15) is 41.6 Å². The van der Waals surface area contributed by atoms with Gasteiger partial charge >= 0.3 is 6.18 Å². The number of primary amides is 1. The van der Waals surface area contributed by atoms with Crippen molar-refractivity contribution in [2.75, 3.05) is 0 Å². The van der Waals surface area contributed by atoms with Crippen molar-refractivity contribution >= 4 is 33.2 Å². The molecule has 2 aromatic carbocycles. The predicted octanol–water partition coefficient (Wildman–Crippen LogP) is 5.13. The summed E-state index contributed by atoms with van der Waals surface area (Å²) in [5.41, 5.74) is 4.03. The molecular formula is C23H23F3N2O3S.